The van der Waals surface area contributed by atoms with Gasteiger partial charge < -0.3 is 10.2 Å². The maximum Gasteiger partial charge on any atom is 0.231 e. The summed E-state index contributed by atoms with van der Waals surface area (Å²) >= 11 is 0. The monoisotopic (exact) mass is 425 g/mol. The number of fused-ring (bicyclic) bond motifs is 1. The molecule has 0 spiro atoms. The minimum atomic E-state index is -0.0441. The van der Waals surface area contributed by atoms with Crippen LogP contribution in [0.2, 0.25) is 0 Å². The number of hydrogen-bond donors (Lipinski definition) is 1. The Bertz CT molecular complexity index is 1040. The van der Waals surface area contributed by atoms with Crippen molar-refractivity contribution >= 4 is 17.3 Å². The van der Waals surface area contributed by atoms with E-state index in [1.165, 1.54) is 22.4 Å². The lowest BCUT2D eigenvalue weighted by Crippen LogP contribution is -2.45. The van der Waals surface area contributed by atoms with Crippen LogP contribution in [-0.2, 0) is 17.8 Å². The molecule has 0 saturated carbocycles. The van der Waals surface area contributed by atoms with E-state index < -0.39 is 0 Å². The Labute approximate surface area is 190 Å². The first-order chi connectivity index (χ1) is 15.8. The molecule has 1 heterocycles. The van der Waals surface area contributed by atoms with Crippen LogP contribution in [-0.4, -0.2) is 37.0 Å². The van der Waals surface area contributed by atoms with Gasteiger partial charge in [0.1, 0.15) is 0 Å². The Morgan fingerprint density at radius 3 is 2.34 bits per heavy atom. The number of piperazine rings is 1. The number of aryl methyl sites for hydroxylation is 1. The zero-order valence-electron chi connectivity index (χ0n) is 18.5. The molecule has 3 aromatic carbocycles. The second-order valence-corrected chi connectivity index (χ2v) is 8.93. The van der Waals surface area contributed by atoms with E-state index >= 15 is 0 Å². The minimum absolute atomic E-state index is 0.0441. The van der Waals surface area contributed by atoms with Gasteiger partial charge in [-0.1, -0.05) is 54.6 Å². The van der Waals surface area contributed by atoms with Gasteiger partial charge >= 0.3 is 0 Å². The Hall–Kier alpha value is -3.11. The molecule has 164 valence electrons. The van der Waals surface area contributed by atoms with Gasteiger partial charge in [0.05, 0.1) is 5.92 Å². The molecule has 32 heavy (non-hydrogen) atoms. The summed E-state index contributed by atoms with van der Waals surface area (Å²) in [5.41, 5.74) is 6.00. The summed E-state index contributed by atoms with van der Waals surface area (Å²) in [4.78, 5) is 17.9. The molecule has 0 aromatic heterocycles. The summed E-state index contributed by atoms with van der Waals surface area (Å²) in [7, 11) is 0. The van der Waals surface area contributed by atoms with E-state index in [4.69, 9.17) is 0 Å². The molecule has 4 heteroatoms. The van der Waals surface area contributed by atoms with Gasteiger partial charge in [0.15, 0.2) is 0 Å². The number of rotatable bonds is 5. The maximum absolute atomic E-state index is 13.0. The topological polar surface area (TPSA) is 35.6 Å². The molecular formula is C28H31N3O. The Morgan fingerprint density at radius 2 is 1.56 bits per heavy atom. The van der Waals surface area contributed by atoms with Crippen molar-refractivity contribution in [3.05, 3.63) is 95.6 Å². The normalized spacial score (nSPS) is 18.8. The van der Waals surface area contributed by atoms with E-state index in [1.807, 2.05) is 18.2 Å². The molecule has 1 amide bonds. The number of amides is 1. The summed E-state index contributed by atoms with van der Waals surface area (Å²) in [6, 6.07) is 27.4. The van der Waals surface area contributed by atoms with Crippen molar-refractivity contribution in [2.24, 2.45) is 0 Å². The van der Waals surface area contributed by atoms with E-state index in [0.29, 0.717) is 0 Å². The fourth-order valence-electron chi connectivity index (χ4n) is 5.02. The maximum atomic E-state index is 13.0. The number of benzene rings is 3. The Balaban J connectivity index is 1.16. The molecule has 1 atom stereocenters. The summed E-state index contributed by atoms with van der Waals surface area (Å²) in [6.07, 6.45) is 3.08. The second-order valence-electron chi connectivity index (χ2n) is 8.93. The van der Waals surface area contributed by atoms with Crippen LogP contribution in [0.5, 0.6) is 0 Å². The molecule has 2 aliphatic rings. The van der Waals surface area contributed by atoms with Gasteiger partial charge in [-0.05, 0) is 60.2 Å². The van der Waals surface area contributed by atoms with E-state index in [2.05, 4.69) is 75.8 Å². The van der Waals surface area contributed by atoms with Crippen LogP contribution in [0.25, 0.3) is 0 Å². The molecule has 1 N–H and O–H groups in total. The molecular weight excluding hydrogens is 394 g/mol. The van der Waals surface area contributed by atoms with Gasteiger partial charge in [0.25, 0.3) is 0 Å². The summed E-state index contributed by atoms with van der Waals surface area (Å²) in [6.45, 7) is 5.20. The smallest absolute Gasteiger partial charge is 0.231 e. The zero-order valence-corrected chi connectivity index (χ0v) is 18.5. The van der Waals surface area contributed by atoms with Crippen molar-refractivity contribution in [2.45, 2.75) is 31.7 Å². The van der Waals surface area contributed by atoms with Crippen LogP contribution < -0.4 is 10.2 Å². The molecule has 0 radical (unpaired) electrons. The van der Waals surface area contributed by atoms with Gasteiger partial charge in [-0.2, -0.15) is 0 Å². The standard InChI is InChI=1S/C28H31N3O/c32-28(27-12-6-10-23-9-4-5-11-26(23)27)29-24-13-15-25(16-14-24)31-19-17-30(18-20-31)21-22-7-2-1-3-8-22/h1-5,7-9,11,13-16,27H,6,10,12,17-21H2,(H,29,32). The van der Waals surface area contributed by atoms with Crippen molar-refractivity contribution in [3.8, 4) is 0 Å². The fourth-order valence-corrected chi connectivity index (χ4v) is 5.02. The van der Waals surface area contributed by atoms with Crippen molar-refractivity contribution in [3.63, 3.8) is 0 Å². The van der Waals surface area contributed by atoms with Gasteiger partial charge in [-0.25, -0.2) is 0 Å². The van der Waals surface area contributed by atoms with Gasteiger partial charge in [0.2, 0.25) is 5.91 Å². The lowest BCUT2D eigenvalue weighted by Gasteiger charge is -2.36. The van der Waals surface area contributed by atoms with Crippen molar-refractivity contribution < 1.29 is 4.79 Å². The fraction of sp³-hybridized carbons (Fsp3) is 0.321. The van der Waals surface area contributed by atoms with Crippen LogP contribution in [0, 0.1) is 0 Å². The first kappa shape index (κ1) is 20.8. The Kier molecular flexibility index (Phi) is 6.22. The van der Waals surface area contributed by atoms with Crippen molar-refractivity contribution in [1.82, 2.24) is 4.90 Å². The number of nitrogens with zero attached hydrogens (tertiary/aromatic N) is 2. The number of carbonyl (C=O) groups excluding carboxylic acids is 1. The molecule has 5 rings (SSSR count). The average molecular weight is 426 g/mol. The minimum Gasteiger partial charge on any atom is -0.369 e. The molecule has 3 aromatic rings. The highest BCUT2D eigenvalue weighted by Gasteiger charge is 2.26. The third-order valence-corrected chi connectivity index (χ3v) is 6.81. The van der Waals surface area contributed by atoms with Crippen LogP contribution >= 0.6 is 0 Å². The number of anilines is 2. The van der Waals surface area contributed by atoms with Gasteiger partial charge in [-0.15, -0.1) is 0 Å². The highest BCUT2D eigenvalue weighted by atomic mass is 16.1. The number of hydrogen-bond acceptors (Lipinski definition) is 3. The third kappa shape index (κ3) is 4.71. The van der Waals surface area contributed by atoms with Crippen molar-refractivity contribution in [2.75, 3.05) is 36.4 Å². The van der Waals surface area contributed by atoms with Crippen LogP contribution in [0.15, 0.2) is 78.9 Å². The predicted molar refractivity (Wildman–Crippen MR) is 131 cm³/mol. The molecule has 1 unspecified atom stereocenters. The first-order valence-electron chi connectivity index (χ1n) is 11.8. The summed E-state index contributed by atoms with van der Waals surface area (Å²) < 4.78 is 0. The van der Waals surface area contributed by atoms with E-state index in [9.17, 15) is 4.79 Å². The SMILES string of the molecule is O=C(Nc1ccc(N2CCN(Cc3ccccc3)CC2)cc1)C1CCCc2ccccc21. The third-order valence-electron chi connectivity index (χ3n) is 6.81. The highest BCUT2D eigenvalue weighted by molar-refractivity contribution is 5.96. The predicted octanol–water partition coefficient (Wildman–Crippen LogP) is 5.07. The van der Waals surface area contributed by atoms with Crippen LogP contribution in [0.3, 0.4) is 0 Å². The lowest BCUT2D eigenvalue weighted by molar-refractivity contribution is -0.117. The van der Waals surface area contributed by atoms with E-state index in [1.54, 1.807) is 0 Å². The number of carbonyl (C=O) groups is 1. The summed E-state index contributed by atoms with van der Waals surface area (Å²) in [5.74, 6) is 0.0664. The summed E-state index contributed by atoms with van der Waals surface area (Å²) in [5, 5.41) is 3.15. The lowest BCUT2D eigenvalue weighted by atomic mass is 9.82. The van der Waals surface area contributed by atoms with E-state index in [0.717, 1.165) is 57.7 Å². The zero-order chi connectivity index (χ0) is 21.8. The molecule has 1 saturated heterocycles. The number of nitrogens with one attached hydrogen (secondary N) is 1. The van der Waals surface area contributed by atoms with Gasteiger partial charge in [0, 0.05) is 44.1 Å². The molecule has 0 bridgehead atoms. The Morgan fingerprint density at radius 1 is 0.844 bits per heavy atom. The van der Waals surface area contributed by atoms with Crippen LogP contribution in [0.4, 0.5) is 11.4 Å². The molecule has 1 aliphatic heterocycles. The molecule has 4 nitrogen and oxygen atoms in total. The quantitative estimate of drug-likeness (QED) is 0.620. The van der Waals surface area contributed by atoms with Crippen LogP contribution in [0.1, 0.15) is 35.4 Å². The largest absolute Gasteiger partial charge is 0.369 e. The van der Waals surface area contributed by atoms with E-state index in [-0.39, 0.29) is 11.8 Å². The molecule has 1 fully saturated rings. The van der Waals surface area contributed by atoms with Gasteiger partial charge in [-0.3, -0.25) is 9.69 Å². The average Bonchev–Trinajstić information content (AvgIpc) is 2.85. The van der Waals surface area contributed by atoms with Crippen molar-refractivity contribution in [1.29, 1.82) is 0 Å². The first-order valence-corrected chi connectivity index (χ1v) is 11.8. The molecule has 1 aliphatic carbocycles. The second kappa shape index (κ2) is 9.58. The highest BCUT2D eigenvalue weighted by Crippen LogP contribution is 2.32.